The van der Waals surface area contributed by atoms with Crippen LogP contribution in [-0.2, 0) is 4.74 Å². The van der Waals surface area contributed by atoms with E-state index in [2.05, 4.69) is 42.2 Å². The predicted octanol–water partition coefficient (Wildman–Crippen LogP) is 3.47. The summed E-state index contributed by atoms with van der Waals surface area (Å²) in [6, 6.07) is 11.1. The van der Waals surface area contributed by atoms with Gasteiger partial charge in [0.1, 0.15) is 9.04 Å². The first-order chi connectivity index (χ1) is 10.2. The summed E-state index contributed by atoms with van der Waals surface area (Å²) < 4.78 is 20.1. The summed E-state index contributed by atoms with van der Waals surface area (Å²) in [6.45, 7) is 6.76. The van der Waals surface area contributed by atoms with Crippen LogP contribution in [0, 0.1) is 5.41 Å². The maximum atomic E-state index is 12.8. The van der Waals surface area contributed by atoms with Gasteiger partial charge < -0.3 is 9.64 Å². The normalized spacial score (nSPS) is 23.3. The number of piperidine rings is 1. The van der Waals surface area contributed by atoms with Gasteiger partial charge in [-0.3, -0.25) is 4.67 Å². The molecule has 0 bridgehead atoms. The van der Waals surface area contributed by atoms with Crippen LogP contribution in [0.4, 0.5) is 9.88 Å². The molecule has 2 heterocycles. The zero-order chi connectivity index (χ0) is 14.7. The van der Waals surface area contributed by atoms with Gasteiger partial charge in [0.25, 0.3) is 0 Å². The lowest BCUT2D eigenvalue weighted by Gasteiger charge is -2.46. The Bertz CT molecular complexity index is 447. The number of halogens is 1. The van der Waals surface area contributed by atoms with Gasteiger partial charge in [-0.15, -0.1) is 0 Å². The molecule has 0 spiro atoms. The lowest BCUT2D eigenvalue weighted by atomic mass is 9.86. The molecule has 1 aromatic rings. The van der Waals surface area contributed by atoms with E-state index in [1.165, 1.54) is 5.69 Å². The van der Waals surface area contributed by atoms with Crippen LogP contribution in [0.15, 0.2) is 30.3 Å². The molecule has 0 saturated carbocycles. The molecule has 1 atom stereocenters. The molecular weight excluding hydrogens is 286 g/mol. The molecule has 3 nitrogen and oxygen atoms in total. The Morgan fingerprint density at radius 1 is 1.29 bits per heavy atom. The minimum Gasteiger partial charge on any atom is -0.380 e. The monoisotopic (exact) mass is 310 g/mol. The van der Waals surface area contributed by atoms with Crippen molar-refractivity contribution in [1.29, 1.82) is 0 Å². The second-order valence-corrected chi connectivity index (χ2v) is 7.37. The van der Waals surface area contributed by atoms with Crippen molar-refractivity contribution in [2.75, 3.05) is 37.7 Å². The Balaban J connectivity index is 1.73. The first-order valence-corrected chi connectivity index (χ1v) is 8.53. The first-order valence-electron chi connectivity index (χ1n) is 7.71. The maximum Gasteiger partial charge on any atom is 0.142 e. The number of benzene rings is 1. The third kappa shape index (κ3) is 3.56. The lowest BCUT2D eigenvalue weighted by Crippen LogP contribution is -2.53. The van der Waals surface area contributed by atoms with Crippen LogP contribution in [-0.4, -0.2) is 43.6 Å². The largest absolute Gasteiger partial charge is 0.380 e. The van der Waals surface area contributed by atoms with E-state index in [1.807, 2.05) is 4.67 Å². The van der Waals surface area contributed by atoms with Crippen LogP contribution in [0.2, 0.25) is 0 Å². The van der Waals surface area contributed by atoms with E-state index in [4.69, 9.17) is 4.74 Å². The zero-order valence-electron chi connectivity index (χ0n) is 12.6. The summed E-state index contributed by atoms with van der Waals surface area (Å²) in [5.41, 5.74) is 1.54. The summed E-state index contributed by atoms with van der Waals surface area (Å²) in [5, 5.41) is 0. The van der Waals surface area contributed by atoms with E-state index in [-0.39, 0.29) is 5.41 Å². The second-order valence-electron chi connectivity index (χ2n) is 6.57. The van der Waals surface area contributed by atoms with Crippen LogP contribution in [0.5, 0.6) is 0 Å². The Kier molecular flexibility index (Phi) is 4.78. The van der Waals surface area contributed by atoms with Crippen molar-refractivity contribution >= 4 is 14.7 Å². The number of ether oxygens (including phenoxy) is 1. The minimum absolute atomic E-state index is 0.259. The van der Waals surface area contributed by atoms with Gasteiger partial charge in [0, 0.05) is 36.8 Å². The van der Waals surface area contributed by atoms with Gasteiger partial charge in [0.15, 0.2) is 0 Å². The van der Waals surface area contributed by atoms with E-state index in [9.17, 15) is 4.20 Å². The van der Waals surface area contributed by atoms with Crippen molar-refractivity contribution < 1.29 is 8.93 Å². The summed E-state index contributed by atoms with van der Waals surface area (Å²) in [5.74, 6) is 0. The second kappa shape index (κ2) is 6.60. The SMILES string of the molecule is CC1(CN(c2ccccc2)C2CCN(PF)CC2)COC1. The quantitative estimate of drug-likeness (QED) is 0.775. The highest BCUT2D eigenvalue weighted by atomic mass is 31.1. The molecule has 0 radical (unpaired) electrons. The van der Waals surface area contributed by atoms with Crippen LogP contribution < -0.4 is 4.90 Å². The molecule has 21 heavy (non-hydrogen) atoms. The van der Waals surface area contributed by atoms with Gasteiger partial charge in [-0.1, -0.05) is 25.1 Å². The smallest absolute Gasteiger partial charge is 0.142 e. The molecule has 1 unspecified atom stereocenters. The maximum absolute atomic E-state index is 12.8. The van der Waals surface area contributed by atoms with Crippen molar-refractivity contribution in [3.05, 3.63) is 30.3 Å². The van der Waals surface area contributed by atoms with Crippen molar-refractivity contribution in [3.8, 4) is 0 Å². The van der Waals surface area contributed by atoms with Crippen LogP contribution in [0.3, 0.4) is 0 Å². The number of nitrogens with zero attached hydrogens (tertiary/aromatic N) is 2. The zero-order valence-corrected chi connectivity index (χ0v) is 13.6. The average molecular weight is 310 g/mol. The molecule has 1 aromatic carbocycles. The predicted molar refractivity (Wildman–Crippen MR) is 86.7 cm³/mol. The Morgan fingerprint density at radius 2 is 1.95 bits per heavy atom. The highest BCUT2D eigenvalue weighted by Gasteiger charge is 2.37. The van der Waals surface area contributed by atoms with Crippen molar-refractivity contribution in [2.45, 2.75) is 25.8 Å². The van der Waals surface area contributed by atoms with Crippen molar-refractivity contribution in [3.63, 3.8) is 0 Å². The van der Waals surface area contributed by atoms with Crippen LogP contribution >= 0.6 is 9.04 Å². The average Bonchev–Trinajstić information content (AvgIpc) is 2.52. The lowest BCUT2D eigenvalue weighted by molar-refractivity contribution is -0.0965. The van der Waals surface area contributed by atoms with Gasteiger partial charge in [-0.05, 0) is 25.0 Å². The van der Waals surface area contributed by atoms with Crippen molar-refractivity contribution in [2.24, 2.45) is 5.41 Å². The number of hydrogen-bond acceptors (Lipinski definition) is 3. The number of rotatable bonds is 5. The fraction of sp³-hybridized carbons (Fsp3) is 0.625. The topological polar surface area (TPSA) is 15.7 Å². The van der Waals surface area contributed by atoms with Gasteiger partial charge in [0.2, 0.25) is 0 Å². The highest BCUT2D eigenvalue weighted by molar-refractivity contribution is 7.28. The Hall–Kier alpha value is -0.700. The van der Waals surface area contributed by atoms with Gasteiger partial charge in [-0.25, -0.2) is 4.20 Å². The molecule has 0 aliphatic carbocycles. The van der Waals surface area contributed by atoms with E-state index < -0.39 is 9.04 Å². The molecule has 2 aliphatic heterocycles. The highest BCUT2D eigenvalue weighted by Crippen LogP contribution is 2.34. The number of anilines is 1. The molecule has 0 N–H and O–H groups in total. The van der Waals surface area contributed by atoms with Crippen LogP contribution in [0.1, 0.15) is 19.8 Å². The minimum atomic E-state index is -0.547. The molecule has 2 fully saturated rings. The van der Waals surface area contributed by atoms with Crippen LogP contribution in [0.25, 0.3) is 0 Å². The van der Waals surface area contributed by atoms with E-state index in [0.29, 0.717) is 6.04 Å². The Morgan fingerprint density at radius 3 is 2.48 bits per heavy atom. The molecule has 116 valence electrons. The summed E-state index contributed by atoms with van der Waals surface area (Å²) in [7, 11) is -0.547. The molecule has 3 rings (SSSR count). The molecular formula is C16H24FN2OP. The van der Waals surface area contributed by atoms with E-state index >= 15 is 0 Å². The third-order valence-corrected chi connectivity index (χ3v) is 5.25. The number of hydrogen-bond donors (Lipinski definition) is 0. The van der Waals surface area contributed by atoms with Crippen molar-refractivity contribution in [1.82, 2.24) is 4.67 Å². The molecule has 2 saturated heterocycles. The summed E-state index contributed by atoms with van der Waals surface area (Å²) >= 11 is 0. The van der Waals surface area contributed by atoms with E-state index in [0.717, 1.165) is 45.7 Å². The van der Waals surface area contributed by atoms with E-state index in [1.54, 1.807) is 0 Å². The van der Waals surface area contributed by atoms with Gasteiger partial charge >= 0.3 is 0 Å². The standard InChI is InChI=1S/C16H24FN2OP/c1-16(12-20-13-16)11-19(14-5-3-2-4-6-14)15-7-9-18(21-17)10-8-15/h2-6,15,21H,7-13H2,1H3. The fourth-order valence-corrected chi connectivity index (χ4v) is 3.69. The first kappa shape index (κ1) is 15.2. The molecule has 0 aromatic heterocycles. The van der Waals surface area contributed by atoms with Gasteiger partial charge in [0.05, 0.1) is 13.2 Å². The molecule has 2 aliphatic rings. The Labute approximate surface area is 128 Å². The number of para-hydroxylation sites is 1. The van der Waals surface area contributed by atoms with Gasteiger partial charge in [-0.2, -0.15) is 0 Å². The molecule has 5 heteroatoms. The molecule has 0 amide bonds. The third-order valence-electron chi connectivity index (χ3n) is 4.57. The fourth-order valence-electron chi connectivity index (χ4n) is 3.27. The summed E-state index contributed by atoms with van der Waals surface area (Å²) in [6.07, 6.45) is 2.09. The summed E-state index contributed by atoms with van der Waals surface area (Å²) in [4.78, 5) is 2.53.